The number of hydrogen-bond acceptors (Lipinski definition) is 11. The molecule has 0 bridgehead atoms. The standard InChI is InChI=1S/C27H31NO10/c1-11-23(31)15(28)7-19(37-11)38-17-9-27(35,18(30)10-29)8-14-21(17)26(34)22-13(24(14)32)6-12-4-3-5-16(36-2)20(12)25(22)33/h3-5,11,15,17,19,23,29,31-32,34-35H,6-10,28H2,1-2H3/t11-,15-,17-,19-,23+,27-/m0/s1. The zero-order valence-corrected chi connectivity index (χ0v) is 21.0. The lowest BCUT2D eigenvalue weighted by molar-refractivity contribution is -0.247. The number of benzene rings is 2. The molecule has 6 atom stereocenters. The molecule has 3 aliphatic rings. The molecular weight excluding hydrogens is 498 g/mol. The molecule has 11 nitrogen and oxygen atoms in total. The van der Waals surface area contributed by atoms with E-state index in [9.17, 15) is 35.1 Å². The maximum absolute atomic E-state index is 13.6. The van der Waals surface area contributed by atoms with Crippen molar-refractivity contribution in [1.82, 2.24) is 0 Å². The van der Waals surface area contributed by atoms with Crippen LogP contribution in [-0.4, -0.2) is 81.0 Å². The van der Waals surface area contributed by atoms with Crippen molar-refractivity contribution in [3.63, 3.8) is 0 Å². The first-order valence-corrected chi connectivity index (χ1v) is 12.4. The number of rotatable bonds is 5. The lowest BCUT2D eigenvalue weighted by atomic mass is 9.72. The second-order valence-corrected chi connectivity index (χ2v) is 10.2. The number of hydrogen-bond donors (Lipinski definition) is 6. The number of Topliss-reactive ketones (excluding diaryl/α,β-unsaturated/α-hetero) is 1. The van der Waals surface area contributed by atoms with Crippen LogP contribution < -0.4 is 10.5 Å². The van der Waals surface area contributed by atoms with E-state index in [4.69, 9.17) is 19.9 Å². The topological polar surface area (TPSA) is 189 Å². The van der Waals surface area contributed by atoms with Crippen LogP contribution in [0.4, 0.5) is 0 Å². The molecule has 11 heteroatoms. The van der Waals surface area contributed by atoms with Crippen molar-refractivity contribution in [2.24, 2.45) is 5.73 Å². The molecule has 1 saturated heterocycles. The van der Waals surface area contributed by atoms with Gasteiger partial charge in [-0.2, -0.15) is 0 Å². The summed E-state index contributed by atoms with van der Waals surface area (Å²) in [7, 11) is 1.43. The molecule has 1 aliphatic heterocycles. The van der Waals surface area contributed by atoms with Crippen molar-refractivity contribution in [2.75, 3.05) is 13.7 Å². The fourth-order valence-electron chi connectivity index (χ4n) is 5.86. The lowest BCUT2D eigenvalue weighted by Crippen LogP contribution is -2.53. The highest BCUT2D eigenvalue weighted by Crippen LogP contribution is 2.52. The molecule has 0 spiro atoms. The number of fused-ring (bicyclic) bond motifs is 3. The molecule has 0 amide bonds. The third-order valence-corrected chi connectivity index (χ3v) is 7.89. The Hall–Kier alpha value is -3.06. The van der Waals surface area contributed by atoms with E-state index in [0.29, 0.717) is 11.3 Å². The molecule has 7 N–H and O–H groups in total. The third-order valence-electron chi connectivity index (χ3n) is 7.89. The number of nitrogens with two attached hydrogens (primary N) is 1. The number of carbonyl (C=O) groups excluding carboxylic acids is 2. The predicted octanol–water partition coefficient (Wildman–Crippen LogP) is 0.361. The highest BCUT2D eigenvalue weighted by Gasteiger charge is 2.49. The maximum Gasteiger partial charge on any atom is 0.201 e. The number of aliphatic hydroxyl groups is 3. The number of aromatic hydroxyl groups is 2. The van der Waals surface area contributed by atoms with Gasteiger partial charge in [0.05, 0.1) is 36.5 Å². The minimum atomic E-state index is -2.12. The first kappa shape index (κ1) is 26.5. The van der Waals surface area contributed by atoms with E-state index < -0.39 is 66.6 Å². The van der Waals surface area contributed by atoms with Gasteiger partial charge in [0.15, 0.2) is 12.1 Å². The Morgan fingerprint density at radius 1 is 1.21 bits per heavy atom. The Kier molecular flexibility index (Phi) is 6.70. The van der Waals surface area contributed by atoms with Gasteiger partial charge in [-0.3, -0.25) is 9.59 Å². The van der Waals surface area contributed by atoms with Crippen molar-refractivity contribution in [3.05, 3.63) is 51.6 Å². The first-order valence-electron chi connectivity index (χ1n) is 12.4. The van der Waals surface area contributed by atoms with Crippen molar-refractivity contribution in [2.45, 2.75) is 68.9 Å². The summed E-state index contributed by atoms with van der Waals surface area (Å²) >= 11 is 0. The summed E-state index contributed by atoms with van der Waals surface area (Å²) in [5.41, 5.74) is 4.87. The number of methoxy groups -OCH3 is 1. The Balaban J connectivity index is 1.65. The molecule has 204 valence electrons. The van der Waals surface area contributed by atoms with Crippen LogP contribution in [0, 0.1) is 0 Å². The van der Waals surface area contributed by atoms with E-state index in [0.717, 1.165) is 0 Å². The summed E-state index contributed by atoms with van der Waals surface area (Å²) in [6, 6.07) is 4.37. The van der Waals surface area contributed by atoms with Gasteiger partial charge in [-0.15, -0.1) is 0 Å². The molecule has 5 rings (SSSR count). The molecule has 0 radical (unpaired) electrons. The Morgan fingerprint density at radius 2 is 1.95 bits per heavy atom. The number of carbonyl (C=O) groups is 2. The van der Waals surface area contributed by atoms with Crippen LogP contribution in [-0.2, 0) is 27.1 Å². The van der Waals surface area contributed by atoms with Crippen molar-refractivity contribution < 1.29 is 49.3 Å². The Bertz CT molecular complexity index is 1300. The van der Waals surface area contributed by atoms with Crippen LogP contribution in [0.2, 0.25) is 0 Å². The molecule has 0 unspecified atom stereocenters. The van der Waals surface area contributed by atoms with Gasteiger partial charge >= 0.3 is 0 Å². The van der Waals surface area contributed by atoms with Crippen LogP contribution in [0.1, 0.15) is 64.0 Å². The molecule has 0 saturated carbocycles. The fourth-order valence-corrected chi connectivity index (χ4v) is 5.86. The van der Waals surface area contributed by atoms with E-state index in [1.54, 1.807) is 25.1 Å². The van der Waals surface area contributed by atoms with E-state index >= 15 is 0 Å². The molecule has 2 aromatic rings. The minimum Gasteiger partial charge on any atom is -0.507 e. The van der Waals surface area contributed by atoms with Gasteiger partial charge in [0.2, 0.25) is 5.78 Å². The summed E-state index contributed by atoms with van der Waals surface area (Å²) in [4.78, 5) is 26.3. The molecular formula is C27H31NO10. The molecule has 0 aromatic heterocycles. The quantitative estimate of drug-likeness (QED) is 0.250. The fraction of sp³-hybridized carbons (Fsp3) is 0.481. The monoisotopic (exact) mass is 529 g/mol. The van der Waals surface area contributed by atoms with Gasteiger partial charge in [-0.1, -0.05) is 12.1 Å². The summed E-state index contributed by atoms with van der Waals surface area (Å²) in [6.45, 7) is 0.666. The minimum absolute atomic E-state index is 0.0362. The van der Waals surface area contributed by atoms with Gasteiger partial charge in [0.1, 0.15) is 29.5 Å². The van der Waals surface area contributed by atoms with Crippen molar-refractivity contribution in [3.8, 4) is 17.2 Å². The summed E-state index contributed by atoms with van der Waals surface area (Å²) < 4.78 is 17.2. The van der Waals surface area contributed by atoms with Crippen LogP contribution in [0.3, 0.4) is 0 Å². The van der Waals surface area contributed by atoms with Crippen molar-refractivity contribution >= 4 is 11.6 Å². The number of phenols is 2. The van der Waals surface area contributed by atoms with E-state index in [2.05, 4.69) is 0 Å². The Labute approximate surface area is 218 Å². The molecule has 38 heavy (non-hydrogen) atoms. The molecule has 2 aromatic carbocycles. The highest BCUT2D eigenvalue weighted by atomic mass is 16.7. The van der Waals surface area contributed by atoms with E-state index in [-0.39, 0.29) is 52.8 Å². The van der Waals surface area contributed by atoms with E-state index in [1.807, 2.05) is 0 Å². The second kappa shape index (κ2) is 9.60. The van der Waals surface area contributed by atoms with Gasteiger partial charge in [0.25, 0.3) is 0 Å². The smallest absolute Gasteiger partial charge is 0.201 e. The number of ether oxygens (including phenoxy) is 3. The largest absolute Gasteiger partial charge is 0.507 e. The summed E-state index contributed by atoms with van der Waals surface area (Å²) in [5, 5.41) is 53.8. The zero-order valence-electron chi connectivity index (χ0n) is 21.0. The summed E-state index contributed by atoms with van der Waals surface area (Å²) in [5.74, 6) is -1.90. The SMILES string of the molecule is COc1cccc2c1C(=O)c1c(O)c3c(c(O)c1C2)C[C@@](O)(C(=O)CO)C[C@@H]3O[C@H]1C[C@H](N)[C@H](O)[C@H](C)O1. The molecule has 1 fully saturated rings. The van der Waals surface area contributed by atoms with Crippen LogP contribution in [0.5, 0.6) is 17.2 Å². The van der Waals surface area contributed by atoms with E-state index in [1.165, 1.54) is 7.11 Å². The van der Waals surface area contributed by atoms with Gasteiger partial charge < -0.3 is 45.5 Å². The van der Waals surface area contributed by atoms with Gasteiger partial charge in [0, 0.05) is 48.4 Å². The third kappa shape index (κ3) is 4.06. The maximum atomic E-state index is 13.6. The summed E-state index contributed by atoms with van der Waals surface area (Å²) in [6.07, 6.45) is -4.44. The number of phenolic OH excluding ortho intramolecular Hbond substituents is 2. The highest BCUT2D eigenvalue weighted by molar-refractivity contribution is 6.16. The predicted molar refractivity (Wildman–Crippen MR) is 131 cm³/mol. The number of ketones is 2. The molecule has 2 aliphatic carbocycles. The van der Waals surface area contributed by atoms with Crippen molar-refractivity contribution in [1.29, 1.82) is 0 Å². The number of aliphatic hydroxyl groups excluding tert-OH is 2. The normalized spacial score (nSPS) is 30.3. The Morgan fingerprint density at radius 3 is 2.61 bits per heavy atom. The average Bonchev–Trinajstić information content (AvgIpc) is 2.88. The van der Waals surface area contributed by atoms with Crippen LogP contribution in [0.15, 0.2) is 18.2 Å². The van der Waals surface area contributed by atoms with Gasteiger partial charge in [-0.25, -0.2) is 0 Å². The lowest BCUT2D eigenvalue weighted by Gasteiger charge is -2.42. The van der Waals surface area contributed by atoms with Crippen LogP contribution in [0.25, 0.3) is 0 Å². The van der Waals surface area contributed by atoms with Gasteiger partial charge in [-0.05, 0) is 18.6 Å². The zero-order chi connectivity index (χ0) is 27.5. The first-order chi connectivity index (χ1) is 18.0. The average molecular weight is 530 g/mol. The van der Waals surface area contributed by atoms with Crippen LogP contribution >= 0.6 is 0 Å². The second-order valence-electron chi connectivity index (χ2n) is 10.2. The molecule has 1 heterocycles.